The zero-order valence-electron chi connectivity index (χ0n) is 13.0. The van der Waals surface area contributed by atoms with Gasteiger partial charge in [0, 0.05) is 0 Å². The van der Waals surface area contributed by atoms with E-state index >= 15 is 0 Å². The lowest BCUT2D eigenvalue weighted by Gasteiger charge is -2.04. The number of esters is 2. The normalized spacial score (nSPS) is 18.5. The fraction of sp³-hybridized carbons (Fsp3) is 0.222. The van der Waals surface area contributed by atoms with Crippen LogP contribution in [0.15, 0.2) is 48.5 Å². The van der Waals surface area contributed by atoms with Crippen molar-refractivity contribution in [3.05, 3.63) is 71.3 Å². The van der Waals surface area contributed by atoms with E-state index in [1.165, 1.54) is 36.4 Å². The minimum absolute atomic E-state index is 0.123. The molecule has 1 fully saturated rings. The van der Waals surface area contributed by atoms with Crippen LogP contribution in [-0.4, -0.2) is 24.1 Å². The van der Waals surface area contributed by atoms with Crippen LogP contribution in [0, 0.1) is 11.6 Å². The molecule has 0 saturated carbocycles. The lowest BCUT2D eigenvalue weighted by molar-refractivity contribution is -0.148. The number of benzene rings is 2. The van der Waals surface area contributed by atoms with Gasteiger partial charge in [0.15, 0.2) is 12.2 Å². The van der Waals surface area contributed by atoms with E-state index < -0.39 is 35.8 Å². The van der Waals surface area contributed by atoms with Gasteiger partial charge in [0.1, 0.15) is 24.8 Å². The average Bonchev–Trinajstić information content (AvgIpc) is 3.39. The third-order valence-corrected chi connectivity index (χ3v) is 3.50. The second-order valence-corrected chi connectivity index (χ2v) is 5.45. The van der Waals surface area contributed by atoms with Crippen LogP contribution in [0.3, 0.4) is 0 Å². The van der Waals surface area contributed by atoms with Gasteiger partial charge in [0.25, 0.3) is 0 Å². The Morgan fingerprint density at radius 3 is 1.68 bits per heavy atom. The molecule has 3 rings (SSSR count). The number of carbonyl (C=O) groups excluding carboxylic acids is 2. The third kappa shape index (κ3) is 4.60. The zero-order valence-corrected chi connectivity index (χ0v) is 13.0. The number of hydrogen-bond donors (Lipinski definition) is 0. The van der Waals surface area contributed by atoms with E-state index in [0.717, 1.165) is 0 Å². The summed E-state index contributed by atoms with van der Waals surface area (Å²) >= 11 is 0. The Balaban J connectivity index is 1.43. The number of hydrogen-bond acceptors (Lipinski definition) is 5. The molecule has 0 aromatic heterocycles. The largest absolute Gasteiger partial charge is 0.459 e. The van der Waals surface area contributed by atoms with E-state index in [2.05, 4.69) is 0 Å². The molecule has 0 spiro atoms. The molecule has 0 aliphatic carbocycles. The fourth-order valence-electron chi connectivity index (χ4n) is 2.20. The van der Waals surface area contributed by atoms with Gasteiger partial charge in [-0.05, 0) is 35.4 Å². The maximum atomic E-state index is 13.0. The molecule has 2 atom stereocenters. The molecule has 130 valence electrons. The molecular weight excluding hydrogens is 334 g/mol. The van der Waals surface area contributed by atoms with Gasteiger partial charge in [0.2, 0.25) is 0 Å². The first-order chi connectivity index (χ1) is 12.0. The average molecular weight is 348 g/mol. The summed E-state index contributed by atoms with van der Waals surface area (Å²) in [6, 6.07) is 11.2. The summed E-state index contributed by atoms with van der Waals surface area (Å²) < 4.78 is 41.0. The van der Waals surface area contributed by atoms with Crippen LogP contribution in [0.1, 0.15) is 11.1 Å². The Labute approximate surface area is 142 Å². The topological polar surface area (TPSA) is 65.1 Å². The molecule has 25 heavy (non-hydrogen) atoms. The van der Waals surface area contributed by atoms with Crippen LogP contribution in [-0.2, 0) is 37.0 Å². The van der Waals surface area contributed by atoms with Crippen LogP contribution < -0.4 is 0 Å². The third-order valence-electron chi connectivity index (χ3n) is 3.50. The van der Waals surface area contributed by atoms with Crippen LogP contribution in [0.4, 0.5) is 8.78 Å². The van der Waals surface area contributed by atoms with Crippen molar-refractivity contribution >= 4 is 11.9 Å². The second kappa shape index (κ2) is 7.40. The molecule has 2 aromatic rings. The van der Waals surface area contributed by atoms with E-state index in [4.69, 9.17) is 14.2 Å². The Kier molecular flexibility index (Phi) is 5.04. The van der Waals surface area contributed by atoms with Crippen molar-refractivity contribution in [2.24, 2.45) is 0 Å². The van der Waals surface area contributed by atoms with Crippen molar-refractivity contribution < 1.29 is 32.6 Å². The molecule has 0 N–H and O–H groups in total. The van der Waals surface area contributed by atoms with E-state index in [9.17, 15) is 18.4 Å². The van der Waals surface area contributed by atoms with Gasteiger partial charge in [0.05, 0.1) is 0 Å². The Morgan fingerprint density at radius 2 is 1.28 bits per heavy atom. The molecule has 0 bridgehead atoms. The number of rotatable bonds is 6. The predicted molar refractivity (Wildman–Crippen MR) is 81.1 cm³/mol. The molecule has 0 amide bonds. The second-order valence-electron chi connectivity index (χ2n) is 5.45. The van der Waals surface area contributed by atoms with Gasteiger partial charge in [-0.2, -0.15) is 0 Å². The number of halogens is 2. The van der Waals surface area contributed by atoms with Crippen LogP contribution in [0.5, 0.6) is 0 Å². The molecule has 7 heteroatoms. The van der Waals surface area contributed by atoms with Crippen molar-refractivity contribution in [3.8, 4) is 0 Å². The SMILES string of the molecule is O=C(OCc1cccc(F)c1)C1OC1C(=O)OCc1cccc(F)c1. The first-order valence-corrected chi connectivity index (χ1v) is 7.50. The maximum absolute atomic E-state index is 13.0. The highest BCUT2D eigenvalue weighted by molar-refractivity contribution is 5.89. The van der Waals surface area contributed by atoms with Crippen molar-refractivity contribution in [2.45, 2.75) is 25.4 Å². The summed E-state index contributed by atoms with van der Waals surface area (Å²) in [5.41, 5.74) is 0.971. The number of carbonyl (C=O) groups is 2. The Morgan fingerprint density at radius 1 is 0.840 bits per heavy atom. The van der Waals surface area contributed by atoms with Gasteiger partial charge in [-0.1, -0.05) is 24.3 Å². The van der Waals surface area contributed by atoms with E-state index in [1.807, 2.05) is 0 Å². The molecule has 1 aliphatic rings. The smallest absolute Gasteiger partial charge is 0.339 e. The Bertz CT molecular complexity index is 727. The Hall–Kier alpha value is -2.80. The molecule has 1 heterocycles. The van der Waals surface area contributed by atoms with Gasteiger partial charge in [-0.25, -0.2) is 18.4 Å². The van der Waals surface area contributed by atoms with E-state index in [0.29, 0.717) is 11.1 Å². The summed E-state index contributed by atoms with van der Waals surface area (Å²) in [6.07, 6.45) is -2.07. The highest BCUT2D eigenvalue weighted by Crippen LogP contribution is 2.25. The predicted octanol–water partition coefficient (Wildman–Crippen LogP) is 2.52. The lowest BCUT2D eigenvalue weighted by Crippen LogP contribution is -2.20. The quantitative estimate of drug-likeness (QED) is 0.593. The van der Waals surface area contributed by atoms with E-state index in [1.54, 1.807) is 12.1 Å². The molecule has 1 aliphatic heterocycles. The van der Waals surface area contributed by atoms with Gasteiger partial charge in [-0.15, -0.1) is 0 Å². The summed E-state index contributed by atoms with van der Waals surface area (Å²) in [6.45, 7) is -0.247. The highest BCUT2D eigenvalue weighted by Gasteiger charge is 2.52. The first-order valence-electron chi connectivity index (χ1n) is 7.50. The first kappa shape index (κ1) is 17.0. The van der Waals surface area contributed by atoms with Crippen molar-refractivity contribution in [2.75, 3.05) is 0 Å². The van der Waals surface area contributed by atoms with Gasteiger partial charge < -0.3 is 14.2 Å². The van der Waals surface area contributed by atoms with Crippen LogP contribution >= 0.6 is 0 Å². The summed E-state index contributed by atoms with van der Waals surface area (Å²) in [5, 5.41) is 0. The molecule has 0 radical (unpaired) electrons. The summed E-state index contributed by atoms with van der Waals surface area (Å²) in [4.78, 5) is 23.6. The molecule has 5 nitrogen and oxygen atoms in total. The summed E-state index contributed by atoms with van der Waals surface area (Å²) in [5.74, 6) is -2.32. The van der Waals surface area contributed by atoms with Gasteiger partial charge in [-0.3, -0.25) is 0 Å². The standard InChI is InChI=1S/C18H14F2O5/c19-13-5-1-3-11(7-13)9-23-17(21)15-16(25-15)18(22)24-10-12-4-2-6-14(20)8-12/h1-8,15-16H,9-10H2. The minimum Gasteiger partial charge on any atom is -0.459 e. The molecule has 2 aromatic carbocycles. The molecule has 1 saturated heterocycles. The van der Waals surface area contributed by atoms with Crippen molar-refractivity contribution in [1.82, 2.24) is 0 Å². The van der Waals surface area contributed by atoms with Gasteiger partial charge >= 0.3 is 11.9 Å². The van der Waals surface area contributed by atoms with Crippen molar-refractivity contribution in [3.63, 3.8) is 0 Å². The fourth-order valence-corrected chi connectivity index (χ4v) is 2.20. The van der Waals surface area contributed by atoms with Crippen molar-refractivity contribution in [1.29, 1.82) is 0 Å². The molecular formula is C18H14F2O5. The summed E-state index contributed by atoms with van der Waals surface area (Å²) in [7, 11) is 0. The lowest BCUT2D eigenvalue weighted by atomic mass is 10.2. The number of ether oxygens (including phenoxy) is 3. The number of epoxide rings is 1. The minimum atomic E-state index is -1.03. The monoisotopic (exact) mass is 348 g/mol. The van der Waals surface area contributed by atoms with Crippen LogP contribution in [0.25, 0.3) is 0 Å². The van der Waals surface area contributed by atoms with E-state index in [-0.39, 0.29) is 13.2 Å². The molecule has 2 unspecified atom stereocenters. The zero-order chi connectivity index (χ0) is 17.8. The van der Waals surface area contributed by atoms with Crippen LogP contribution in [0.2, 0.25) is 0 Å². The highest BCUT2D eigenvalue weighted by atomic mass is 19.1. The maximum Gasteiger partial charge on any atom is 0.339 e.